The quantitative estimate of drug-likeness (QED) is 0.257. The number of unbranched alkanes of at least 4 members (excludes halogenated alkanes) is 11. The Labute approximate surface area is 145 Å². The van der Waals surface area contributed by atoms with Crippen molar-refractivity contribution in [3.05, 3.63) is 19.1 Å². The first-order chi connectivity index (χ1) is 11.2. The predicted octanol–water partition coefficient (Wildman–Crippen LogP) is 5.94. The lowest BCUT2D eigenvalue weighted by Gasteiger charge is -2.16. The first-order valence-electron chi connectivity index (χ1n) is 10.1. The van der Waals surface area contributed by atoms with E-state index in [0.717, 1.165) is 12.8 Å². The Morgan fingerprint density at radius 1 is 0.826 bits per heavy atom. The van der Waals surface area contributed by atoms with Crippen LogP contribution in [0, 0.1) is 6.92 Å². The molecule has 0 aromatic heterocycles. The molecule has 0 fully saturated rings. The average molecular weight is 325 g/mol. The van der Waals surface area contributed by atoms with Crippen molar-refractivity contribution in [2.45, 2.75) is 115 Å². The van der Waals surface area contributed by atoms with Crippen LogP contribution in [-0.4, -0.2) is 17.3 Å². The lowest BCUT2D eigenvalue weighted by Crippen LogP contribution is -2.33. The average Bonchev–Trinajstić information content (AvgIpc) is 2.57. The van der Waals surface area contributed by atoms with Crippen LogP contribution in [0.3, 0.4) is 0 Å². The standard InChI is InChI=1S/C21H42NO/c1-3-5-6-7-8-9-10-11-12-13-14-15-16-17-18-19-20(22)21(23)4-2/h11-12,20-21,23H,2-10,13-19,22H2,1H3/b12-11-. The van der Waals surface area contributed by atoms with Crippen LogP contribution in [0.5, 0.6) is 0 Å². The SMILES string of the molecule is [CH2]CC(O)C(N)CCCCCCC/C=C\CCCCCCCC. The van der Waals surface area contributed by atoms with Crippen molar-refractivity contribution in [1.29, 1.82) is 0 Å². The van der Waals surface area contributed by atoms with Crippen LogP contribution in [-0.2, 0) is 0 Å². The molecule has 0 aliphatic heterocycles. The van der Waals surface area contributed by atoms with Gasteiger partial charge in [0.2, 0.25) is 0 Å². The lowest BCUT2D eigenvalue weighted by molar-refractivity contribution is 0.141. The van der Waals surface area contributed by atoms with E-state index in [0.29, 0.717) is 6.42 Å². The minimum atomic E-state index is -0.424. The third-order valence-electron chi connectivity index (χ3n) is 4.59. The molecule has 0 heterocycles. The topological polar surface area (TPSA) is 46.2 Å². The molecule has 0 amide bonds. The minimum Gasteiger partial charge on any atom is -0.392 e. The highest BCUT2D eigenvalue weighted by Gasteiger charge is 2.11. The fraction of sp³-hybridized carbons (Fsp3) is 0.857. The van der Waals surface area contributed by atoms with E-state index in [4.69, 9.17) is 5.73 Å². The largest absolute Gasteiger partial charge is 0.392 e. The van der Waals surface area contributed by atoms with Gasteiger partial charge in [-0.1, -0.05) is 83.8 Å². The molecule has 0 aromatic carbocycles. The van der Waals surface area contributed by atoms with Gasteiger partial charge in [-0.05, 0) is 38.5 Å². The van der Waals surface area contributed by atoms with Crippen LogP contribution >= 0.6 is 0 Å². The molecule has 2 unspecified atom stereocenters. The number of rotatable bonds is 17. The fourth-order valence-electron chi connectivity index (χ4n) is 2.86. The van der Waals surface area contributed by atoms with Crippen LogP contribution in [0.15, 0.2) is 12.2 Å². The lowest BCUT2D eigenvalue weighted by atomic mass is 10.0. The highest BCUT2D eigenvalue weighted by molar-refractivity contribution is 4.81. The summed E-state index contributed by atoms with van der Waals surface area (Å²) in [6, 6.07) is -0.0857. The maximum atomic E-state index is 9.55. The molecule has 0 aromatic rings. The zero-order chi connectivity index (χ0) is 17.2. The summed E-state index contributed by atoms with van der Waals surface area (Å²) in [6.07, 6.45) is 22.9. The van der Waals surface area contributed by atoms with Crippen molar-refractivity contribution in [2.75, 3.05) is 0 Å². The molecule has 0 spiro atoms. The maximum absolute atomic E-state index is 9.55. The molecule has 0 saturated heterocycles. The van der Waals surface area contributed by atoms with Gasteiger partial charge >= 0.3 is 0 Å². The molecule has 1 radical (unpaired) electrons. The van der Waals surface area contributed by atoms with Crippen LogP contribution in [0.25, 0.3) is 0 Å². The monoisotopic (exact) mass is 324 g/mol. The van der Waals surface area contributed by atoms with Gasteiger partial charge in [0.05, 0.1) is 6.10 Å². The van der Waals surface area contributed by atoms with Crippen molar-refractivity contribution in [1.82, 2.24) is 0 Å². The Bertz CT molecular complexity index is 252. The molecule has 2 atom stereocenters. The maximum Gasteiger partial charge on any atom is 0.0691 e. The van der Waals surface area contributed by atoms with E-state index in [-0.39, 0.29) is 6.04 Å². The van der Waals surface area contributed by atoms with Crippen LogP contribution in [0.4, 0.5) is 0 Å². The normalized spacial score (nSPS) is 14.4. The molecule has 2 heteroatoms. The van der Waals surface area contributed by atoms with Gasteiger partial charge in [0.1, 0.15) is 0 Å². The number of allylic oxidation sites excluding steroid dienone is 2. The molecule has 0 saturated carbocycles. The third kappa shape index (κ3) is 16.3. The summed E-state index contributed by atoms with van der Waals surface area (Å²) in [4.78, 5) is 0. The van der Waals surface area contributed by atoms with E-state index >= 15 is 0 Å². The van der Waals surface area contributed by atoms with Crippen LogP contribution in [0.1, 0.15) is 103 Å². The van der Waals surface area contributed by atoms with E-state index in [2.05, 4.69) is 26.0 Å². The van der Waals surface area contributed by atoms with E-state index in [1.165, 1.54) is 77.0 Å². The summed E-state index contributed by atoms with van der Waals surface area (Å²) >= 11 is 0. The molecule has 0 aliphatic rings. The first kappa shape index (κ1) is 22.7. The van der Waals surface area contributed by atoms with Crippen molar-refractivity contribution >= 4 is 0 Å². The summed E-state index contributed by atoms with van der Waals surface area (Å²) in [6.45, 7) is 5.96. The summed E-state index contributed by atoms with van der Waals surface area (Å²) in [5, 5.41) is 9.55. The Morgan fingerprint density at radius 2 is 1.30 bits per heavy atom. The molecule has 0 rings (SSSR count). The van der Waals surface area contributed by atoms with Gasteiger partial charge in [0.25, 0.3) is 0 Å². The minimum absolute atomic E-state index is 0.0857. The second-order valence-electron chi connectivity index (χ2n) is 6.89. The molecular weight excluding hydrogens is 282 g/mol. The van der Waals surface area contributed by atoms with Gasteiger partial charge in [-0.3, -0.25) is 0 Å². The summed E-state index contributed by atoms with van der Waals surface area (Å²) in [5.41, 5.74) is 5.88. The Hall–Kier alpha value is -0.340. The van der Waals surface area contributed by atoms with Gasteiger partial charge in [0, 0.05) is 6.04 Å². The third-order valence-corrected chi connectivity index (χ3v) is 4.59. The number of aliphatic hydroxyl groups excluding tert-OH is 1. The first-order valence-corrected chi connectivity index (χ1v) is 10.1. The fourth-order valence-corrected chi connectivity index (χ4v) is 2.86. The van der Waals surface area contributed by atoms with E-state index < -0.39 is 6.10 Å². The van der Waals surface area contributed by atoms with Crippen molar-refractivity contribution in [2.24, 2.45) is 5.73 Å². The Kier molecular flexibility index (Phi) is 17.7. The number of hydrogen-bond donors (Lipinski definition) is 2. The van der Waals surface area contributed by atoms with Crippen molar-refractivity contribution in [3.8, 4) is 0 Å². The smallest absolute Gasteiger partial charge is 0.0691 e. The molecular formula is C21H42NO. The van der Waals surface area contributed by atoms with Gasteiger partial charge < -0.3 is 10.8 Å². The van der Waals surface area contributed by atoms with Gasteiger partial charge in [-0.25, -0.2) is 0 Å². The second-order valence-corrected chi connectivity index (χ2v) is 6.89. The molecule has 23 heavy (non-hydrogen) atoms. The van der Waals surface area contributed by atoms with Crippen LogP contribution in [0.2, 0.25) is 0 Å². The summed E-state index contributed by atoms with van der Waals surface area (Å²) in [7, 11) is 0. The molecule has 0 aliphatic carbocycles. The van der Waals surface area contributed by atoms with E-state index in [9.17, 15) is 5.11 Å². The molecule has 137 valence electrons. The predicted molar refractivity (Wildman–Crippen MR) is 103 cm³/mol. The molecule has 3 N–H and O–H groups in total. The summed E-state index contributed by atoms with van der Waals surface area (Å²) < 4.78 is 0. The van der Waals surface area contributed by atoms with Gasteiger partial charge in [-0.15, -0.1) is 0 Å². The van der Waals surface area contributed by atoms with Gasteiger partial charge in [-0.2, -0.15) is 0 Å². The number of hydrogen-bond acceptors (Lipinski definition) is 2. The van der Waals surface area contributed by atoms with Crippen molar-refractivity contribution in [3.63, 3.8) is 0 Å². The number of aliphatic hydroxyl groups is 1. The Balaban J connectivity index is 3.19. The number of nitrogens with two attached hydrogens (primary N) is 1. The highest BCUT2D eigenvalue weighted by atomic mass is 16.3. The zero-order valence-electron chi connectivity index (χ0n) is 15.6. The van der Waals surface area contributed by atoms with E-state index in [1.54, 1.807) is 0 Å². The second kappa shape index (κ2) is 18.0. The van der Waals surface area contributed by atoms with Crippen LogP contribution < -0.4 is 5.73 Å². The Morgan fingerprint density at radius 3 is 1.83 bits per heavy atom. The molecule has 0 bridgehead atoms. The summed E-state index contributed by atoms with van der Waals surface area (Å²) in [5.74, 6) is 0. The van der Waals surface area contributed by atoms with Gasteiger partial charge in [0.15, 0.2) is 0 Å². The van der Waals surface area contributed by atoms with E-state index in [1.807, 2.05) is 0 Å². The molecule has 2 nitrogen and oxygen atoms in total. The zero-order valence-corrected chi connectivity index (χ0v) is 15.6. The highest BCUT2D eigenvalue weighted by Crippen LogP contribution is 2.11. The van der Waals surface area contributed by atoms with Crippen molar-refractivity contribution < 1.29 is 5.11 Å².